The number of nitrogens with zero attached hydrogens (tertiary/aromatic N) is 4. The third-order valence-corrected chi connectivity index (χ3v) is 8.90. The van der Waals surface area contributed by atoms with E-state index in [0.29, 0.717) is 17.0 Å². The van der Waals surface area contributed by atoms with Gasteiger partial charge in [-0.2, -0.15) is 0 Å². The molecule has 2 N–H and O–H groups in total. The number of methoxy groups -OCH3 is 1. The smallest absolute Gasteiger partial charge is 0.257 e. The van der Waals surface area contributed by atoms with Crippen LogP contribution in [0.4, 0.5) is 11.4 Å². The molecule has 1 aliphatic heterocycles. The quantitative estimate of drug-likeness (QED) is 0.156. The topological polar surface area (TPSA) is 119 Å². The SMILES string of the molecule is COc1ncccc1-c1ccc(NC(=O)c2cccnc2)c(C)c1.Cc1cc(-c2ccccc2CN2CCOCC2)ccc1NC(=O)c1cccnc1. The van der Waals surface area contributed by atoms with Crippen molar-refractivity contribution >= 4 is 23.2 Å². The van der Waals surface area contributed by atoms with Gasteiger partial charge in [-0.1, -0.05) is 36.4 Å². The van der Waals surface area contributed by atoms with Gasteiger partial charge in [-0.05, 0) is 108 Å². The van der Waals surface area contributed by atoms with Crippen molar-refractivity contribution in [3.63, 3.8) is 0 Å². The molecule has 4 heterocycles. The molecule has 0 spiro atoms. The summed E-state index contributed by atoms with van der Waals surface area (Å²) in [6, 6.07) is 31.3. The minimum atomic E-state index is -0.182. The van der Waals surface area contributed by atoms with Gasteiger partial charge in [0.25, 0.3) is 11.8 Å². The predicted molar refractivity (Wildman–Crippen MR) is 208 cm³/mol. The van der Waals surface area contributed by atoms with Gasteiger partial charge in [-0.25, -0.2) is 4.98 Å². The summed E-state index contributed by atoms with van der Waals surface area (Å²) in [5.74, 6) is 0.239. The van der Waals surface area contributed by atoms with Gasteiger partial charge in [0.15, 0.2) is 0 Å². The molecule has 53 heavy (non-hydrogen) atoms. The molecule has 10 nitrogen and oxygen atoms in total. The first-order valence-corrected chi connectivity index (χ1v) is 17.4. The first-order chi connectivity index (χ1) is 25.9. The molecule has 1 fully saturated rings. The molecule has 0 saturated carbocycles. The minimum Gasteiger partial charge on any atom is -0.481 e. The van der Waals surface area contributed by atoms with E-state index in [-0.39, 0.29) is 11.8 Å². The second-order valence-corrected chi connectivity index (χ2v) is 12.6. The number of morpholine rings is 1. The lowest BCUT2D eigenvalue weighted by atomic mass is 9.97. The van der Waals surface area contributed by atoms with Crippen molar-refractivity contribution in [2.75, 3.05) is 44.0 Å². The average molecular weight is 707 g/mol. The van der Waals surface area contributed by atoms with Crippen LogP contribution in [0, 0.1) is 13.8 Å². The normalized spacial score (nSPS) is 12.6. The number of pyridine rings is 3. The third kappa shape index (κ3) is 9.56. The summed E-state index contributed by atoms with van der Waals surface area (Å²) in [5, 5.41) is 5.89. The molecule has 0 atom stereocenters. The maximum atomic E-state index is 12.4. The highest BCUT2D eigenvalue weighted by Gasteiger charge is 2.15. The maximum Gasteiger partial charge on any atom is 0.257 e. The van der Waals surface area contributed by atoms with Crippen LogP contribution in [0.5, 0.6) is 5.88 Å². The number of hydrogen-bond acceptors (Lipinski definition) is 8. The number of amides is 2. The Bertz CT molecular complexity index is 2150. The molecule has 0 aliphatic carbocycles. The number of benzene rings is 3. The van der Waals surface area contributed by atoms with E-state index in [2.05, 4.69) is 66.9 Å². The summed E-state index contributed by atoms with van der Waals surface area (Å²) in [6.45, 7) is 8.41. The van der Waals surface area contributed by atoms with Gasteiger partial charge in [0.1, 0.15) is 0 Å². The van der Waals surface area contributed by atoms with Crippen LogP contribution in [0.25, 0.3) is 22.3 Å². The monoisotopic (exact) mass is 706 g/mol. The van der Waals surface area contributed by atoms with E-state index in [1.54, 1.807) is 62.4 Å². The lowest BCUT2D eigenvalue weighted by Gasteiger charge is -2.27. The summed E-state index contributed by atoms with van der Waals surface area (Å²) in [4.78, 5) is 39.3. The molecule has 10 heteroatoms. The molecular weight excluding hydrogens is 665 g/mol. The van der Waals surface area contributed by atoms with Gasteiger partial charge in [0.05, 0.1) is 31.5 Å². The van der Waals surface area contributed by atoms with Crippen molar-refractivity contribution in [2.45, 2.75) is 20.4 Å². The number of aromatic nitrogens is 3. The van der Waals surface area contributed by atoms with E-state index in [1.165, 1.54) is 11.1 Å². The zero-order chi connectivity index (χ0) is 37.0. The van der Waals surface area contributed by atoms with Crippen LogP contribution in [0.2, 0.25) is 0 Å². The Hall–Kier alpha value is -6.23. The van der Waals surface area contributed by atoms with E-state index in [0.717, 1.165) is 72.0 Å². The second kappa shape index (κ2) is 17.8. The van der Waals surface area contributed by atoms with Crippen molar-refractivity contribution in [1.82, 2.24) is 19.9 Å². The van der Waals surface area contributed by atoms with E-state index in [9.17, 15) is 9.59 Å². The van der Waals surface area contributed by atoms with Crippen molar-refractivity contribution in [1.29, 1.82) is 0 Å². The van der Waals surface area contributed by atoms with E-state index < -0.39 is 0 Å². The highest BCUT2D eigenvalue weighted by molar-refractivity contribution is 6.05. The van der Waals surface area contributed by atoms with Crippen molar-refractivity contribution < 1.29 is 19.1 Å². The molecule has 0 unspecified atom stereocenters. The number of hydrogen-bond donors (Lipinski definition) is 2. The van der Waals surface area contributed by atoms with Crippen LogP contribution in [-0.2, 0) is 11.3 Å². The first-order valence-electron chi connectivity index (χ1n) is 17.4. The first kappa shape index (κ1) is 36.6. The highest BCUT2D eigenvalue weighted by atomic mass is 16.5. The van der Waals surface area contributed by atoms with Gasteiger partial charge < -0.3 is 20.1 Å². The van der Waals surface area contributed by atoms with E-state index in [4.69, 9.17) is 9.47 Å². The van der Waals surface area contributed by atoms with Crippen LogP contribution in [0.3, 0.4) is 0 Å². The number of anilines is 2. The molecule has 0 radical (unpaired) electrons. The Balaban J connectivity index is 0.000000185. The van der Waals surface area contributed by atoms with Gasteiger partial charge in [0, 0.05) is 67.6 Å². The van der Waals surface area contributed by atoms with Gasteiger partial charge in [-0.3, -0.25) is 24.5 Å². The van der Waals surface area contributed by atoms with Crippen LogP contribution >= 0.6 is 0 Å². The predicted octanol–water partition coefficient (Wildman–Crippen LogP) is 7.85. The number of nitrogens with one attached hydrogen (secondary N) is 2. The molecule has 7 rings (SSSR count). The summed E-state index contributed by atoms with van der Waals surface area (Å²) in [5.41, 5.74) is 10.2. The fourth-order valence-corrected chi connectivity index (χ4v) is 6.04. The number of aryl methyl sites for hydroxylation is 2. The van der Waals surface area contributed by atoms with E-state index in [1.807, 2.05) is 50.2 Å². The van der Waals surface area contributed by atoms with Crippen molar-refractivity contribution in [2.24, 2.45) is 0 Å². The Morgan fingerprint density at radius 3 is 1.79 bits per heavy atom. The lowest BCUT2D eigenvalue weighted by Crippen LogP contribution is -2.35. The fraction of sp³-hybridized carbons (Fsp3) is 0.186. The van der Waals surface area contributed by atoms with Gasteiger partial charge >= 0.3 is 0 Å². The number of carbonyl (C=O) groups excluding carboxylic acids is 2. The Kier molecular flexibility index (Phi) is 12.3. The Morgan fingerprint density at radius 1 is 0.698 bits per heavy atom. The molecule has 6 aromatic rings. The van der Waals surface area contributed by atoms with Crippen molar-refractivity contribution in [3.05, 3.63) is 156 Å². The molecule has 2 amide bonds. The minimum absolute atomic E-state index is 0.151. The molecule has 0 bridgehead atoms. The van der Waals surface area contributed by atoms with Crippen LogP contribution in [0.1, 0.15) is 37.4 Å². The number of ether oxygens (including phenoxy) is 2. The van der Waals surface area contributed by atoms with Crippen LogP contribution < -0.4 is 15.4 Å². The van der Waals surface area contributed by atoms with E-state index >= 15 is 0 Å². The highest BCUT2D eigenvalue weighted by Crippen LogP contribution is 2.31. The zero-order valence-electron chi connectivity index (χ0n) is 30.1. The standard InChI is InChI=1S/C24H25N3O2.C19H17N3O2/c1-18-15-19(8-9-23(18)26-24(28)20-6-4-10-25-16-20)22-7-3-2-5-21(22)17-27-11-13-29-14-12-27;1-13-11-14(16-6-4-10-21-19(16)24-2)7-8-17(13)22-18(23)15-5-3-9-20-12-15/h2-10,15-16H,11-14,17H2,1H3,(H,26,28);3-12H,1-2H3,(H,22,23). The summed E-state index contributed by atoms with van der Waals surface area (Å²) in [7, 11) is 1.60. The number of rotatable bonds is 9. The summed E-state index contributed by atoms with van der Waals surface area (Å²) < 4.78 is 10.8. The third-order valence-electron chi connectivity index (χ3n) is 8.90. The van der Waals surface area contributed by atoms with Crippen LogP contribution in [0.15, 0.2) is 128 Å². The number of carbonyl (C=O) groups is 2. The molecule has 3 aromatic carbocycles. The molecular formula is C43H42N6O4. The molecule has 268 valence electrons. The molecule has 1 saturated heterocycles. The Labute approximate surface area is 309 Å². The fourth-order valence-electron chi connectivity index (χ4n) is 6.04. The largest absolute Gasteiger partial charge is 0.481 e. The Morgan fingerprint density at radius 2 is 1.25 bits per heavy atom. The zero-order valence-corrected chi connectivity index (χ0v) is 30.1. The lowest BCUT2D eigenvalue weighted by molar-refractivity contribution is 0.0342. The van der Waals surface area contributed by atoms with Gasteiger partial charge in [0.2, 0.25) is 5.88 Å². The maximum absolute atomic E-state index is 12.4. The summed E-state index contributed by atoms with van der Waals surface area (Å²) in [6.07, 6.45) is 8.10. The summed E-state index contributed by atoms with van der Waals surface area (Å²) >= 11 is 0. The molecule has 1 aliphatic rings. The van der Waals surface area contributed by atoms with Crippen molar-refractivity contribution in [3.8, 4) is 28.1 Å². The van der Waals surface area contributed by atoms with Crippen LogP contribution in [-0.4, -0.2) is 65.1 Å². The second-order valence-electron chi connectivity index (χ2n) is 12.6. The molecule has 3 aromatic heterocycles. The average Bonchev–Trinajstić information content (AvgIpc) is 3.21. The van der Waals surface area contributed by atoms with Gasteiger partial charge in [-0.15, -0.1) is 0 Å².